The molecule has 0 radical (unpaired) electrons. The lowest BCUT2D eigenvalue weighted by molar-refractivity contribution is -0.520. The quantitative estimate of drug-likeness (QED) is 0.602. The summed E-state index contributed by atoms with van der Waals surface area (Å²) in [5.41, 5.74) is 3.19. The number of rotatable bonds is 2. The fourth-order valence-electron chi connectivity index (χ4n) is 3.08. The number of nitrogens with zero attached hydrogens (tertiary/aromatic N) is 2. The van der Waals surface area contributed by atoms with Crippen molar-refractivity contribution in [1.29, 1.82) is 0 Å². The number of guanidine groups is 1. The van der Waals surface area contributed by atoms with Gasteiger partial charge in [-0.3, -0.25) is 9.79 Å². The molecule has 3 N–H and O–H groups in total. The molecule has 6 nitrogen and oxygen atoms in total. The van der Waals surface area contributed by atoms with E-state index in [1.54, 1.807) is 23.6 Å². The standard InChI is InChI=1S/C20H17Cl2N5O/c1-11-6-8-13(9-7-11)18-25-19(24-15-5-3-4-14(21)17(15)22)26-20-23-12(2)10-16(28)27(18)20/h3-10,18H,1-2H3,(H2,23,24,25,26)/p+1/t18-/m0/s1. The first-order valence-corrected chi connectivity index (χ1v) is 9.46. The van der Waals surface area contributed by atoms with Gasteiger partial charge in [-0.05, 0) is 26.0 Å². The summed E-state index contributed by atoms with van der Waals surface area (Å²) in [5.74, 6) is 0.988. The average molecular weight is 415 g/mol. The van der Waals surface area contributed by atoms with Crippen molar-refractivity contribution < 1.29 is 4.99 Å². The van der Waals surface area contributed by atoms with E-state index in [1.807, 2.05) is 37.3 Å². The summed E-state index contributed by atoms with van der Waals surface area (Å²) < 4.78 is 1.59. The second kappa shape index (κ2) is 7.30. The molecule has 8 heteroatoms. The number of benzene rings is 2. The average Bonchev–Trinajstić information content (AvgIpc) is 2.65. The molecule has 0 saturated heterocycles. The molecular weight excluding hydrogens is 397 g/mol. The largest absolute Gasteiger partial charge is 0.357 e. The molecule has 0 aliphatic carbocycles. The Labute approximate surface area is 171 Å². The molecule has 1 aromatic heterocycles. The van der Waals surface area contributed by atoms with Crippen LogP contribution < -0.4 is 21.2 Å². The molecule has 0 bridgehead atoms. The molecule has 1 aliphatic rings. The van der Waals surface area contributed by atoms with E-state index in [1.165, 1.54) is 6.07 Å². The lowest BCUT2D eigenvalue weighted by Gasteiger charge is -2.23. The Morgan fingerprint density at radius 1 is 1.14 bits per heavy atom. The summed E-state index contributed by atoms with van der Waals surface area (Å²) in [6.45, 7) is 3.80. The minimum absolute atomic E-state index is 0.145. The van der Waals surface area contributed by atoms with Crippen molar-refractivity contribution in [2.75, 3.05) is 10.6 Å². The normalized spacial score (nSPS) is 15.4. The predicted octanol–water partition coefficient (Wildman–Crippen LogP) is 2.69. The van der Waals surface area contributed by atoms with Gasteiger partial charge in [-0.25, -0.2) is 20.2 Å². The highest BCUT2D eigenvalue weighted by Gasteiger charge is 2.29. The van der Waals surface area contributed by atoms with E-state index < -0.39 is 6.17 Å². The molecule has 1 aliphatic heterocycles. The lowest BCUT2D eigenvalue weighted by atomic mass is 10.1. The molecule has 0 amide bonds. The van der Waals surface area contributed by atoms with E-state index in [9.17, 15) is 4.79 Å². The third-order valence-electron chi connectivity index (χ3n) is 4.46. The number of halogens is 2. The van der Waals surface area contributed by atoms with Gasteiger partial charge < -0.3 is 0 Å². The van der Waals surface area contributed by atoms with Gasteiger partial charge in [0, 0.05) is 17.3 Å². The zero-order valence-corrected chi connectivity index (χ0v) is 16.8. The maximum Gasteiger partial charge on any atom is 0.357 e. The smallest absolute Gasteiger partial charge is 0.269 e. The van der Waals surface area contributed by atoms with E-state index in [2.05, 4.69) is 20.6 Å². The Morgan fingerprint density at radius 3 is 2.64 bits per heavy atom. The van der Waals surface area contributed by atoms with Crippen LogP contribution in [0.2, 0.25) is 10.0 Å². The molecule has 3 aromatic rings. The van der Waals surface area contributed by atoms with Crippen LogP contribution in [0.15, 0.2) is 53.3 Å². The molecule has 0 spiro atoms. The van der Waals surface area contributed by atoms with Gasteiger partial charge in [0.15, 0.2) is 6.17 Å². The number of aromatic nitrogens is 2. The Bertz CT molecular complexity index is 1140. The Hall–Kier alpha value is -2.83. The van der Waals surface area contributed by atoms with Gasteiger partial charge in [0.25, 0.3) is 11.5 Å². The number of anilines is 2. The van der Waals surface area contributed by atoms with Crippen LogP contribution in [0.5, 0.6) is 0 Å². The molecule has 28 heavy (non-hydrogen) atoms. The van der Waals surface area contributed by atoms with Gasteiger partial charge in [-0.15, -0.1) is 0 Å². The van der Waals surface area contributed by atoms with E-state index in [4.69, 9.17) is 23.2 Å². The van der Waals surface area contributed by atoms with Crippen LogP contribution in [0.25, 0.3) is 0 Å². The molecule has 0 saturated carbocycles. The molecule has 2 heterocycles. The van der Waals surface area contributed by atoms with Gasteiger partial charge >= 0.3 is 5.96 Å². The van der Waals surface area contributed by atoms with Crippen molar-refractivity contribution in [3.05, 3.63) is 85.8 Å². The van der Waals surface area contributed by atoms with E-state index in [-0.39, 0.29) is 5.56 Å². The molecular formula is C20H18Cl2N5O+. The first-order chi connectivity index (χ1) is 13.4. The topological polar surface area (TPSA) is 72.9 Å². The predicted molar refractivity (Wildman–Crippen MR) is 112 cm³/mol. The fourth-order valence-corrected chi connectivity index (χ4v) is 3.42. The first kappa shape index (κ1) is 18.5. The Kier molecular flexibility index (Phi) is 4.83. The summed E-state index contributed by atoms with van der Waals surface area (Å²) >= 11 is 12.4. The SMILES string of the molecule is Cc1ccc([C@H]2[NH+]=C(Nc3cccc(Cl)c3Cl)Nc3nc(C)cc(=O)n32)cc1. The minimum Gasteiger partial charge on any atom is -0.269 e. The monoisotopic (exact) mass is 414 g/mol. The van der Waals surface area contributed by atoms with Crippen LogP contribution >= 0.6 is 23.2 Å². The highest BCUT2D eigenvalue weighted by atomic mass is 35.5. The highest BCUT2D eigenvalue weighted by molar-refractivity contribution is 6.44. The number of fused-ring (bicyclic) bond motifs is 1. The van der Waals surface area contributed by atoms with Crippen LogP contribution in [0.3, 0.4) is 0 Å². The Balaban J connectivity index is 1.81. The fraction of sp³-hybridized carbons (Fsp3) is 0.150. The summed E-state index contributed by atoms with van der Waals surface area (Å²) in [5, 5.41) is 7.19. The second-order valence-corrected chi connectivity index (χ2v) is 7.40. The molecule has 142 valence electrons. The van der Waals surface area contributed by atoms with Gasteiger partial charge in [-0.2, -0.15) is 0 Å². The minimum atomic E-state index is -0.432. The van der Waals surface area contributed by atoms with Gasteiger partial charge in [0.1, 0.15) is 5.69 Å². The molecule has 2 aromatic carbocycles. The van der Waals surface area contributed by atoms with Crippen LogP contribution in [0, 0.1) is 13.8 Å². The maximum absolute atomic E-state index is 12.7. The summed E-state index contributed by atoms with van der Waals surface area (Å²) in [6.07, 6.45) is -0.432. The van der Waals surface area contributed by atoms with E-state index >= 15 is 0 Å². The van der Waals surface area contributed by atoms with Crippen molar-refractivity contribution in [3.8, 4) is 0 Å². The highest BCUT2D eigenvalue weighted by Crippen LogP contribution is 2.29. The first-order valence-electron chi connectivity index (χ1n) is 8.70. The molecule has 4 rings (SSSR count). The third kappa shape index (κ3) is 3.48. The van der Waals surface area contributed by atoms with Crippen molar-refractivity contribution in [2.45, 2.75) is 20.0 Å². The van der Waals surface area contributed by atoms with Crippen LogP contribution in [-0.4, -0.2) is 15.5 Å². The third-order valence-corrected chi connectivity index (χ3v) is 5.28. The van der Waals surface area contributed by atoms with Crippen LogP contribution in [0.4, 0.5) is 11.6 Å². The van der Waals surface area contributed by atoms with Crippen molar-refractivity contribution >= 4 is 40.8 Å². The molecule has 0 fully saturated rings. The van der Waals surface area contributed by atoms with Crippen molar-refractivity contribution in [3.63, 3.8) is 0 Å². The number of hydrogen-bond donors (Lipinski definition) is 3. The van der Waals surface area contributed by atoms with Gasteiger partial charge in [0.05, 0.1) is 10.0 Å². The molecule has 1 atom stereocenters. The zero-order valence-electron chi connectivity index (χ0n) is 15.3. The van der Waals surface area contributed by atoms with Gasteiger partial charge in [0.2, 0.25) is 0 Å². The summed E-state index contributed by atoms with van der Waals surface area (Å²) in [7, 11) is 0. The molecule has 0 unspecified atom stereocenters. The lowest BCUT2D eigenvalue weighted by Crippen LogP contribution is -2.82. The number of hydrogen-bond acceptors (Lipinski definition) is 4. The summed E-state index contributed by atoms with van der Waals surface area (Å²) in [6, 6.07) is 14.8. The number of nitrogens with one attached hydrogen (secondary N) is 3. The summed E-state index contributed by atoms with van der Waals surface area (Å²) in [4.78, 5) is 20.5. The van der Waals surface area contributed by atoms with E-state index in [0.717, 1.165) is 11.1 Å². The van der Waals surface area contributed by atoms with Crippen LogP contribution in [-0.2, 0) is 0 Å². The second-order valence-electron chi connectivity index (χ2n) is 6.61. The van der Waals surface area contributed by atoms with Gasteiger partial charge in [-0.1, -0.05) is 59.1 Å². The Morgan fingerprint density at radius 2 is 1.89 bits per heavy atom. The van der Waals surface area contributed by atoms with Crippen molar-refractivity contribution in [2.24, 2.45) is 0 Å². The number of aryl methyl sites for hydroxylation is 2. The zero-order chi connectivity index (χ0) is 19.8. The van der Waals surface area contributed by atoms with Crippen molar-refractivity contribution in [1.82, 2.24) is 9.55 Å². The van der Waals surface area contributed by atoms with E-state index in [0.29, 0.717) is 33.3 Å². The maximum atomic E-state index is 12.7. The van der Waals surface area contributed by atoms with Crippen LogP contribution in [0.1, 0.15) is 23.0 Å².